The van der Waals surface area contributed by atoms with Crippen LogP contribution in [0.4, 0.5) is 0 Å². The lowest BCUT2D eigenvalue weighted by molar-refractivity contribution is -0.214. The van der Waals surface area contributed by atoms with Crippen molar-refractivity contribution in [1.29, 1.82) is 0 Å². The monoisotopic (exact) mass is 534 g/mol. The van der Waals surface area contributed by atoms with Gasteiger partial charge in [0.05, 0.1) is 12.2 Å². The van der Waals surface area contributed by atoms with Crippen molar-refractivity contribution in [2.75, 3.05) is 6.61 Å². The van der Waals surface area contributed by atoms with Crippen molar-refractivity contribution in [2.45, 2.75) is 125 Å². The second-order valence-corrected chi connectivity index (χ2v) is 14.4. The molecule has 8 atom stereocenters. The average Bonchev–Trinajstić information content (AvgIpc) is 3.23. The van der Waals surface area contributed by atoms with Gasteiger partial charge in [-0.15, -0.1) is 0 Å². The highest BCUT2D eigenvalue weighted by molar-refractivity contribution is 5.50. The first-order chi connectivity index (χ1) is 18.4. The van der Waals surface area contributed by atoms with E-state index < -0.39 is 0 Å². The minimum atomic E-state index is -0.383. The lowest BCUT2D eigenvalue weighted by Gasteiger charge is -2.60. The Morgan fingerprint density at radius 2 is 1.74 bits per heavy atom. The molecule has 3 heteroatoms. The highest BCUT2D eigenvalue weighted by Gasteiger charge is 2.58. The summed E-state index contributed by atoms with van der Waals surface area (Å²) in [6.07, 6.45) is 11.6. The normalized spacial score (nSPS) is 35.9. The molecule has 1 fully saturated rings. The Balaban J connectivity index is 1.35. The minimum absolute atomic E-state index is 0.129. The van der Waals surface area contributed by atoms with Crippen molar-refractivity contribution in [3.63, 3.8) is 0 Å². The number of hydrogen-bond donors (Lipinski definition) is 1. The molecule has 0 aromatic heterocycles. The van der Waals surface area contributed by atoms with Crippen molar-refractivity contribution < 1.29 is 14.6 Å². The molecule has 0 amide bonds. The number of hydrogen-bond acceptors (Lipinski definition) is 3. The quantitative estimate of drug-likeness (QED) is 0.338. The minimum Gasteiger partial charge on any atom is -0.388 e. The zero-order valence-electron chi connectivity index (χ0n) is 26.0. The maximum atomic E-state index is 11.2. The maximum absolute atomic E-state index is 11.2. The zero-order chi connectivity index (χ0) is 28.2. The van der Waals surface area contributed by atoms with Crippen LogP contribution in [0.15, 0.2) is 47.1 Å². The topological polar surface area (TPSA) is 38.7 Å². The molecule has 5 rings (SSSR count). The van der Waals surface area contributed by atoms with E-state index in [0.717, 1.165) is 24.8 Å². The molecule has 216 valence electrons. The zero-order valence-corrected chi connectivity index (χ0v) is 26.0. The molecule has 1 aromatic rings. The van der Waals surface area contributed by atoms with Gasteiger partial charge in [-0.3, -0.25) is 0 Å². The summed E-state index contributed by atoms with van der Waals surface area (Å²) in [6, 6.07) is 8.33. The molecule has 0 heterocycles. The van der Waals surface area contributed by atoms with E-state index in [4.69, 9.17) is 9.47 Å². The third kappa shape index (κ3) is 4.89. The van der Waals surface area contributed by atoms with E-state index in [0.29, 0.717) is 24.4 Å². The first kappa shape index (κ1) is 29.1. The molecule has 2 unspecified atom stereocenters. The number of fused-ring (bicyclic) bond motifs is 4. The van der Waals surface area contributed by atoms with Crippen LogP contribution in [0.1, 0.15) is 117 Å². The molecule has 1 N–H and O–H groups in total. The summed E-state index contributed by atoms with van der Waals surface area (Å²) in [7, 11) is 0. The molecule has 4 aliphatic rings. The molecule has 4 aliphatic carbocycles. The van der Waals surface area contributed by atoms with Gasteiger partial charge in [-0.2, -0.15) is 0 Å². The van der Waals surface area contributed by atoms with E-state index in [-0.39, 0.29) is 34.7 Å². The standard InChI is InChI=1S/C36H54O3/c1-9-38-25(4)39-33-19-21-36(8)30-18-20-35(7)28(24(3)22-31(37)26-13-11-10-12-23(26)2)15-16-29(35)27(30)14-17-32(36)34(33,5)6/h10-13,16,24-25,28,31-33,37H,9,14-15,17-22H2,1-8H3/t24-,25?,28-,31?,32+,33+,35-,36-/m1/s1. The predicted molar refractivity (Wildman–Crippen MR) is 160 cm³/mol. The van der Waals surface area contributed by atoms with E-state index in [2.05, 4.69) is 78.8 Å². The third-order valence-corrected chi connectivity index (χ3v) is 12.0. The summed E-state index contributed by atoms with van der Waals surface area (Å²) in [5.41, 5.74) is 8.08. The highest BCUT2D eigenvalue weighted by Crippen LogP contribution is 2.67. The molecule has 1 aromatic carbocycles. The van der Waals surface area contributed by atoms with Gasteiger partial charge in [-0.1, -0.05) is 70.5 Å². The SMILES string of the molecule is CCOC(C)O[C@H]1CC[C@]2(C)C3=C(CC[C@H]2C1(C)C)C1=CC[C@H]([C@H](C)CC(O)c2ccccc2C)[C@@]1(C)CC3. The molecular formula is C36H54O3. The van der Waals surface area contributed by atoms with Crippen LogP contribution < -0.4 is 0 Å². The van der Waals surface area contributed by atoms with E-state index in [1.54, 1.807) is 16.7 Å². The van der Waals surface area contributed by atoms with Gasteiger partial charge in [-0.05, 0) is 128 Å². The van der Waals surface area contributed by atoms with Gasteiger partial charge in [-0.25, -0.2) is 0 Å². The van der Waals surface area contributed by atoms with Gasteiger partial charge < -0.3 is 14.6 Å². The van der Waals surface area contributed by atoms with Crippen molar-refractivity contribution in [3.8, 4) is 0 Å². The van der Waals surface area contributed by atoms with Crippen molar-refractivity contribution in [3.05, 3.63) is 58.2 Å². The highest BCUT2D eigenvalue weighted by atomic mass is 16.7. The summed E-state index contributed by atoms with van der Waals surface area (Å²) >= 11 is 0. The molecule has 0 spiro atoms. The van der Waals surface area contributed by atoms with E-state index in [1.807, 2.05) is 6.92 Å². The molecule has 0 saturated heterocycles. The Labute approximate surface area is 238 Å². The van der Waals surface area contributed by atoms with Crippen LogP contribution in [-0.4, -0.2) is 24.1 Å². The Hall–Kier alpha value is -1.42. The summed E-state index contributed by atoms with van der Waals surface area (Å²) in [4.78, 5) is 0. The van der Waals surface area contributed by atoms with E-state index >= 15 is 0 Å². The van der Waals surface area contributed by atoms with Gasteiger partial charge in [0, 0.05) is 6.61 Å². The summed E-state index contributed by atoms with van der Waals surface area (Å²) in [5, 5.41) is 11.2. The molecule has 0 radical (unpaired) electrons. The van der Waals surface area contributed by atoms with Crippen LogP contribution in [-0.2, 0) is 9.47 Å². The third-order valence-electron chi connectivity index (χ3n) is 12.0. The fourth-order valence-electron chi connectivity index (χ4n) is 9.92. The smallest absolute Gasteiger partial charge is 0.155 e. The van der Waals surface area contributed by atoms with Crippen LogP contribution in [0, 0.1) is 40.9 Å². The van der Waals surface area contributed by atoms with Crippen LogP contribution in [0.5, 0.6) is 0 Å². The molecule has 0 bridgehead atoms. The second kappa shape index (κ2) is 10.8. The first-order valence-corrected chi connectivity index (χ1v) is 15.9. The van der Waals surface area contributed by atoms with Gasteiger partial charge in [0.25, 0.3) is 0 Å². The van der Waals surface area contributed by atoms with Crippen molar-refractivity contribution in [2.24, 2.45) is 34.0 Å². The maximum Gasteiger partial charge on any atom is 0.155 e. The fourth-order valence-corrected chi connectivity index (χ4v) is 9.92. The first-order valence-electron chi connectivity index (χ1n) is 15.9. The molecule has 3 nitrogen and oxygen atoms in total. The van der Waals surface area contributed by atoms with Crippen LogP contribution in [0.25, 0.3) is 0 Å². The van der Waals surface area contributed by atoms with Crippen molar-refractivity contribution in [1.82, 2.24) is 0 Å². The summed E-state index contributed by atoms with van der Waals surface area (Å²) in [5.74, 6) is 1.72. The summed E-state index contributed by atoms with van der Waals surface area (Å²) in [6.45, 7) is 19.4. The van der Waals surface area contributed by atoms with Crippen molar-refractivity contribution >= 4 is 0 Å². The number of aliphatic hydroxyl groups excluding tert-OH is 1. The van der Waals surface area contributed by atoms with Gasteiger partial charge in [0.2, 0.25) is 0 Å². The number of ether oxygens (including phenoxy) is 2. The Kier molecular flexibility index (Phi) is 8.03. The Morgan fingerprint density at radius 1 is 1.00 bits per heavy atom. The van der Waals surface area contributed by atoms with E-state index in [9.17, 15) is 5.11 Å². The lowest BCUT2D eigenvalue weighted by Crippen LogP contribution is -2.54. The fraction of sp³-hybridized carbons (Fsp3) is 0.722. The van der Waals surface area contributed by atoms with Crippen LogP contribution >= 0.6 is 0 Å². The molecular weight excluding hydrogens is 480 g/mol. The summed E-state index contributed by atoms with van der Waals surface area (Å²) < 4.78 is 12.3. The number of aryl methyl sites for hydroxylation is 1. The molecule has 0 aliphatic heterocycles. The molecule has 1 saturated carbocycles. The number of rotatable bonds is 8. The Bertz CT molecular complexity index is 1110. The largest absolute Gasteiger partial charge is 0.388 e. The van der Waals surface area contributed by atoms with Crippen LogP contribution in [0.2, 0.25) is 0 Å². The average molecular weight is 535 g/mol. The number of aliphatic hydroxyl groups is 1. The Morgan fingerprint density at radius 3 is 2.46 bits per heavy atom. The van der Waals surface area contributed by atoms with Crippen LogP contribution in [0.3, 0.4) is 0 Å². The van der Waals surface area contributed by atoms with Gasteiger partial charge >= 0.3 is 0 Å². The number of benzene rings is 1. The van der Waals surface area contributed by atoms with E-state index in [1.165, 1.54) is 37.7 Å². The number of allylic oxidation sites excluding steroid dienone is 4. The van der Waals surface area contributed by atoms with Gasteiger partial charge in [0.1, 0.15) is 0 Å². The second-order valence-electron chi connectivity index (χ2n) is 14.4. The lowest BCUT2D eigenvalue weighted by atomic mass is 9.46. The van der Waals surface area contributed by atoms with Gasteiger partial charge in [0.15, 0.2) is 6.29 Å². The molecule has 39 heavy (non-hydrogen) atoms. The predicted octanol–water partition coefficient (Wildman–Crippen LogP) is 9.10.